The lowest BCUT2D eigenvalue weighted by atomic mass is 9.90. The molecule has 0 saturated carbocycles. The quantitative estimate of drug-likeness (QED) is 0.225. The van der Waals surface area contributed by atoms with Gasteiger partial charge in [-0.2, -0.15) is 0 Å². The van der Waals surface area contributed by atoms with Crippen LogP contribution >= 0.6 is 0 Å². The van der Waals surface area contributed by atoms with Crippen LogP contribution in [0.15, 0.2) is 48.5 Å². The molecule has 0 aliphatic heterocycles. The third-order valence-electron chi connectivity index (χ3n) is 9.69. The molecule has 0 amide bonds. The molecule has 0 heteroatoms. The van der Waals surface area contributed by atoms with E-state index in [2.05, 4.69) is 48.5 Å². The van der Waals surface area contributed by atoms with Gasteiger partial charge in [0.1, 0.15) is 0 Å². The fourth-order valence-electron chi connectivity index (χ4n) is 8.86. The summed E-state index contributed by atoms with van der Waals surface area (Å²) in [5.74, 6) is 0. The molecule has 32 heavy (non-hydrogen) atoms. The molecule has 0 nitrogen and oxygen atoms in total. The molecule has 0 aromatic heterocycles. The van der Waals surface area contributed by atoms with E-state index in [0.29, 0.717) is 0 Å². The van der Waals surface area contributed by atoms with Crippen LogP contribution in [0.3, 0.4) is 0 Å². The molecule has 10 aromatic rings. The maximum absolute atomic E-state index is 2.53. The lowest BCUT2D eigenvalue weighted by Crippen LogP contribution is -1.84. The Bertz CT molecular complexity index is 2490. The largest absolute Gasteiger partial charge is 0.0540 e. The standard InChI is InChI=1S/C32H12/c1-2-12-5-15-8-16-6-13-3-4-14-7-17-10-18-11(1)9-19-20(12)28-23(15)24(16)29-21(13)22(14)30-25(17)26(18)27(19)31(28)32(29)30/h1-7,9H,8,10H2. The van der Waals surface area contributed by atoms with E-state index in [1.807, 2.05) is 0 Å². The number of fused-ring (bicyclic) bond motifs is 2. The normalized spacial score (nSPS) is 15.9. The van der Waals surface area contributed by atoms with Gasteiger partial charge in [0.25, 0.3) is 0 Å². The van der Waals surface area contributed by atoms with Gasteiger partial charge in [0.15, 0.2) is 0 Å². The summed E-state index contributed by atoms with van der Waals surface area (Å²) in [6.45, 7) is 0. The highest BCUT2D eigenvalue weighted by atomic mass is 14.4. The van der Waals surface area contributed by atoms with Gasteiger partial charge in [-0.1, -0.05) is 42.5 Å². The van der Waals surface area contributed by atoms with Crippen LogP contribution < -0.4 is 0 Å². The zero-order chi connectivity index (χ0) is 19.8. The van der Waals surface area contributed by atoms with Crippen LogP contribution in [0.1, 0.15) is 22.3 Å². The fourth-order valence-corrected chi connectivity index (χ4v) is 8.86. The molecule has 0 unspecified atom stereocenters. The first-order valence-electron chi connectivity index (χ1n) is 11.8. The molecular formula is C32H12. The molecule has 0 spiro atoms. The SMILES string of the molecule is c1cc2cc3c4c5c(cc6ccc7cc8c9c%10c(c1cc1c2c4c(c1%10)c1c9c7c6c51)C8)C3. The van der Waals surface area contributed by atoms with Gasteiger partial charge in [0.05, 0.1) is 0 Å². The molecule has 2 aliphatic carbocycles. The Labute approximate surface area is 180 Å². The lowest BCUT2D eigenvalue weighted by molar-refractivity contribution is 1.29. The summed E-state index contributed by atoms with van der Waals surface area (Å²) in [4.78, 5) is 0. The summed E-state index contributed by atoms with van der Waals surface area (Å²) in [5, 5.41) is 27.6. The highest BCUT2D eigenvalue weighted by Gasteiger charge is 2.35. The zero-order valence-electron chi connectivity index (χ0n) is 17.0. The minimum atomic E-state index is 1.07. The van der Waals surface area contributed by atoms with Crippen LogP contribution in [-0.2, 0) is 12.8 Å². The monoisotopic (exact) mass is 396 g/mol. The van der Waals surface area contributed by atoms with Gasteiger partial charge in [0.2, 0.25) is 0 Å². The van der Waals surface area contributed by atoms with Crippen molar-refractivity contribution in [3.8, 4) is 0 Å². The fraction of sp³-hybridized carbons (Fsp3) is 0.0625. The number of rotatable bonds is 0. The van der Waals surface area contributed by atoms with Crippen molar-refractivity contribution in [2.24, 2.45) is 0 Å². The van der Waals surface area contributed by atoms with Crippen molar-refractivity contribution in [1.29, 1.82) is 0 Å². The van der Waals surface area contributed by atoms with E-state index in [4.69, 9.17) is 0 Å². The van der Waals surface area contributed by atoms with E-state index in [0.717, 1.165) is 12.8 Å². The smallest absolute Gasteiger partial charge is 0.0000271 e. The molecular weight excluding hydrogens is 384 g/mol. The predicted octanol–water partition coefficient (Wildman–Crippen LogP) is 8.50. The Balaban J connectivity index is 1.74. The van der Waals surface area contributed by atoms with Crippen molar-refractivity contribution < 1.29 is 0 Å². The van der Waals surface area contributed by atoms with Crippen LogP contribution in [0.25, 0.3) is 97.0 Å². The van der Waals surface area contributed by atoms with E-state index in [9.17, 15) is 0 Å². The van der Waals surface area contributed by atoms with Crippen molar-refractivity contribution in [3.63, 3.8) is 0 Å². The van der Waals surface area contributed by atoms with Crippen LogP contribution in [-0.4, -0.2) is 0 Å². The van der Waals surface area contributed by atoms with Crippen molar-refractivity contribution in [1.82, 2.24) is 0 Å². The van der Waals surface area contributed by atoms with Crippen LogP contribution in [0.2, 0.25) is 0 Å². The Morgan fingerprint density at radius 1 is 0.344 bits per heavy atom. The molecule has 0 heterocycles. The van der Waals surface area contributed by atoms with Gasteiger partial charge in [-0.3, -0.25) is 0 Å². The van der Waals surface area contributed by atoms with Gasteiger partial charge >= 0.3 is 0 Å². The summed E-state index contributed by atoms with van der Waals surface area (Å²) in [6.07, 6.45) is 2.15. The highest BCUT2D eigenvalue weighted by molar-refractivity contribution is 6.59. The zero-order valence-corrected chi connectivity index (χ0v) is 17.0. The van der Waals surface area contributed by atoms with E-state index >= 15 is 0 Å². The first-order chi connectivity index (χ1) is 15.9. The van der Waals surface area contributed by atoms with Crippen LogP contribution in [0, 0.1) is 0 Å². The molecule has 0 saturated heterocycles. The van der Waals surface area contributed by atoms with Gasteiger partial charge in [-0.15, -0.1) is 0 Å². The molecule has 2 bridgehead atoms. The van der Waals surface area contributed by atoms with E-state index in [1.165, 1.54) is 43.1 Å². The van der Waals surface area contributed by atoms with E-state index in [-0.39, 0.29) is 0 Å². The van der Waals surface area contributed by atoms with E-state index in [1.54, 1.807) is 76.1 Å². The average molecular weight is 396 g/mol. The number of hydrogen-bond acceptors (Lipinski definition) is 0. The Kier molecular flexibility index (Phi) is 1.50. The first-order valence-corrected chi connectivity index (χ1v) is 11.8. The summed E-state index contributed by atoms with van der Waals surface area (Å²) >= 11 is 0. The third kappa shape index (κ3) is 0.971. The molecule has 2 aliphatic rings. The van der Waals surface area contributed by atoms with Gasteiger partial charge < -0.3 is 0 Å². The molecule has 0 fully saturated rings. The minimum Gasteiger partial charge on any atom is -0.0540 e. The summed E-state index contributed by atoms with van der Waals surface area (Å²) in [7, 11) is 0. The third-order valence-corrected chi connectivity index (χ3v) is 9.69. The number of hydrogen-bond donors (Lipinski definition) is 0. The molecule has 12 rings (SSSR count). The number of benzene rings is 7. The van der Waals surface area contributed by atoms with Gasteiger partial charge in [-0.05, 0) is 138 Å². The van der Waals surface area contributed by atoms with Crippen molar-refractivity contribution in [2.75, 3.05) is 0 Å². The predicted molar refractivity (Wildman–Crippen MR) is 137 cm³/mol. The second-order valence-corrected chi connectivity index (χ2v) is 10.8. The maximum atomic E-state index is 2.53. The highest BCUT2D eigenvalue weighted by Crippen LogP contribution is 2.62. The average Bonchev–Trinajstić information content (AvgIpc) is 3.50. The minimum absolute atomic E-state index is 1.07. The Morgan fingerprint density at radius 3 is 1.56 bits per heavy atom. The second kappa shape index (κ2) is 3.55. The van der Waals surface area contributed by atoms with Crippen molar-refractivity contribution in [3.05, 3.63) is 70.8 Å². The molecule has 0 N–H and O–H groups in total. The topological polar surface area (TPSA) is 0 Å². The molecule has 10 aromatic carbocycles. The molecule has 0 radical (unpaired) electrons. The van der Waals surface area contributed by atoms with Crippen molar-refractivity contribution in [2.45, 2.75) is 12.8 Å². The lowest BCUT2D eigenvalue weighted by Gasteiger charge is -2.11. The molecule has 140 valence electrons. The van der Waals surface area contributed by atoms with Crippen LogP contribution in [0.5, 0.6) is 0 Å². The van der Waals surface area contributed by atoms with Crippen LogP contribution in [0.4, 0.5) is 0 Å². The Morgan fingerprint density at radius 2 is 0.844 bits per heavy atom. The van der Waals surface area contributed by atoms with Gasteiger partial charge in [0, 0.05) is 0 Å². The summed E-state index contributed by atoms with van der Waals surface area (Å²) in [6, 6.07) is 19.7. The van der Waals surface area contributed by atoms with Gasteiger partial charge in [-0.25, -0.2) is 0 Å². The maximum Gasteiger partial charge on any atom is -0.0000271 e. The summed E-state index contributed by atoms with van der Waals surface area (Å²) in [5.41, 5.74) is 6.20. The van der Waals surface area contributed by atoms with Crippen molar-refractivity contribution >= 4 is 97.0 Å². The van der Waals surface area contributed by atoms with E-state index < -0.39 is 0 Å². The first kappa shape index (κ1) is 13.5. The molecule has 0 atom stereocenters. The Hall–Kier alpha value is -3.90. The second-order valence-electron chi connectivity index (χ2n) is 10.8. The summed E-state index contributed by atoms with van der Waals surface area (Å²) < 4.78 is 0.